The molecule has 2 rings (SSSR count). The van der Waals surface area contributed by atoms with Gasteiger partial charge < -0.3 is 15.0 Å². The van der Waals surface area contributed by atoms with Gasteiger partial charge in [0.1, 0.15) is 6.61 Å². The lowest BCUT2D eigenvalue weighted by Gasteiger charge is -2.34. The monoisotopic (exact) mass is 340 g/mol. The topological polar surface area (TPSA) is 75.7 Å². The highest BCUT2D eigenvalue weighted by atomic mass is 32.2. The van der Waals surface area contributed by atoms with E-state index in [2.05, 4.69) is 10.2 Å². The van der Waals surface area contributed by atoms with Crippen molar-refractivity contribution in [3.8, 4) is 0 Å². The van der Waals surface area contributed by atoms with Gasteiger partial charge >= 0.3 is 0 Å². The van der Waals surface area contributed by atoms with Crippen LogP contribution < -0.4 is 10.2 Å². The summed E-state index contributed by atoms with van der Waals surface area (Å²) < 4.78 is 28.5. The van der Waals surface area contributed by atoms with Crippen LogP contribution in [0.3, 0.4) is 0 Å². The predicted octanol–water partition coefficient (Wildman–Crippen LogP) is 1.21. The van der Waals surface area contributed by atoms with Crippen molar-refractivity contribution < 1.29 is 17.9 Å². The summed E-state index contributed by atoms with van der Waals surface area (Å²) in [5, 5.41) is 2.96. The molecule has 0 bridgehead atoms. The molecule has 1 aromatic rings. The number of hydrogen-bond donors (Lipinski definition) is 1. The molecule has 128 valence electrons. The molecule has 0 aliphatic carbocycles. The Morgan fingerprint density at radius 2 is 1.87 bits per heavy atom. The Bertz CT molecular complexity index is 620. The summed E-state index contributed by atoms with van der Waals surface area (Å²) in [5.74, 6) is 0.0268. The number of hydrogen-bond acceptors (Lipinski definition) is 5. The van der Waals surface area contributed by atoms with Gasteiger partial charge in [-0.3, -0.25) is 4.79 Å². The average Bonchev–Trinajstić information content (AvgIpc) is 2.56. The van der Waals surface area contributed by atoms with Gasteiger partial charge in [0.05, 0.1) is 10.6 Å². The molecular formula is C16H24N2O4S. The lowest BCUT2D eigenvalue weighted by Crippen LogP contribution is -2.45. The van der Waals surface area contributed by atoms with E-state index in [1.807, 2.05) is 12.1 Å². The molecule has 1 heterocycles. The van der Waals surface area contributed by atoms with E-state index in [1.54, 1.807) is 19.1 Å². The summed E-state index contributed by atoms with van der Waals surface area (Å²) in [5.41, 5.74) is 1.02. The number of carbonyl (C=O) groups excluding carboxylic acids is 1. The Kier molecular flexibility index (Phi) is 6.01. The average molecular weight is 340 g/mol. The normalized spacial score (nSPS) is 16.3. The largest absolute Gasteiger partial charge is 0.375 e. The van der Waals surface area contributed by atoms with Crippen LogP contribution in [-0.2, 0) is 19.4 Å². The fourth-order valence-corrected chi connectivity index (χ4v) is 3.60. The van der Waals surface area contributed by atoms with E-state index in [4.69, 9.17) is 4.74 Å². The van der Waals surface area contributed by atoms with E-state index in [1.165, 1.54) is 7.11 Å². The van der Waals surface area contributed by atoms with E-state index >= 15 is 0 Å². The van der Waals surface area contributed by atoms with E-state index < -0.39 is 9.84 Å². The van der Waals surface area contributed by atoms with Gasteiger partial charge in [-0.2, -0.15) is 0 Å². The minimum absolute atomic E-state index is 0.0833. The molecule has 23 heavy (non-hydrogen) atoms. The summed E-state index contributed by atoms with van der Waals surface area (Å²) in [7, 11) is -1.65. The Balaban J connectivity index is 1.92. The molecule has 1 aliphatic rings. The number of amides is 1. The minimum atomic E-state index is -3.15. The standard InChI is InChI=1S/C16H24N2O4S/c1-3-23(20,21)15-6-4-14(5-7-15)18-10-8-13(9-11-18)17-16(19)12-22-2/h4-7,13H,3,8-12H2,1-2H3,(H,17,19). The van der Waals surface area contributed by atoms with Crippen LogP contribution in [0.25, 0.3) is 0 Å². The molecule has 1 amide bonds. The molecule has 1 saturated heterocycles. The molecule has 1 aliphatic heterocycles. The van der Waals surface area contributed by atoms with Gasteiger partial charge in [-0.25, -0.2) is 8.42 Å². The van der Waals surface area contributed by atoms with Gasteiger partial charge in [0.2, 0.25) is 5.91 Å². The maximum atomic E-state index is 11.8. The number of nitrogens with one attached hydrogen (secondary N) is 1. The van der Waals surface area contributed by atoms with Crippen molar-refractivity contribution in [2.24, 2.45) is 0 Å². The molecular weight excluding hydrogens is 316 g/mol. The Labute approximate surface area is 137 Å². The summed E-state index contributed by atoms with van der Waals surface area (Å²) in [4.78, 5) is 14.1. The number of carbonyl (C=O) groups is 1. The number of piperidine rings is 1. The predicted molar refractivity (Wildman–Crippen MR) is 89.4 cm³/mol. The van der Waals surface area contributed by atoms with Crippen LogP contribution in [0.1, 0.15) is 19.8 Å². The second-order valence-electron chi connectivity index (χ2n) is 5.66. The van der Waals surface area contributed by atoms with Crippen molar-refractivity contribution in [1.82, 2.24) is 5.32 Å². The molecule has 7 heteroatoms. The molecule has 1 fully saturated rings. The van der Waals surface area contributed by atoms with E-state index in [0.29, 0.717) is 4.90 Å². The number of ether oxygens (including phenoxy) is 1. The third kappa shape index (κ3) is 4.68. The maximum absolute atomic E-state index is 11.8. The first-order valence-corrected chi connectivity index (χ1v) is 9.47. The summed E-state index contributed by atoms with van der Waals surface area (Å²) in [6.45, 7) is 3.40. The number of rotatable bonds is 6. The first-order chi connectivity index (χ1) is 11.0. The Morgan fingerprint density at radius 1 is 1.26 bits per heavy atom. The van der Waals surface area contributed by atoms with Gasteiger partial charge in [-0.1, -0.05) is 6.92 Å². The first kappa shape index (κ1) is 17.7. The lowest BCUT2D eigenvalue weighted by atomic mass is 10.0. The zero-order valence-corrected chi connectivity index (χ0v) is 14.4. The molecule has 0 saturated carbocycles. The van der Waals surface area contributed by atoms with Crippen molar-refractivity contribution >= 4 is 21.4 Å². The van der Waals surface area contributed by atoms with Gasteiger partial charge in [-0.15, -0.1) is 0 Å². The highest BCUT2D eigenvalue weighted by molar-refractivity contribution is 7.91. The van der Waals surface area contributed by atoms with E-state index in [9.17, 15) is 13.2 Å². The Hall–Kier alpha value is -1.60. The number of nitrogens with zero attached hydrogens (tertiary/aromatic N) is 1. The third-order valence-electron chi connectivity index (χ3n) is 4.08. The lowest BCUT2D eigenvalue weighted by molar-refractivity contribution is -0.125. The zero-order chi connectivity index (χ0) is 16.9. The highest BCUT2D eigenvalue weighted by Crippen LogP contribution is 2.22. The van der Waals surface area contributed by atoms with Gasteiger partial charge in [0, 0.05) is 31.9 Å². The fourth-order valence-electron chi connectivity index (χ4n) is 2.71. The van der Waals surface area contributed by atoms with Crippen LogP contribution in [0, 0.1) is 0 Å². The van der Waals surface area contributed by atoms with Crippen LogP contribution in [0.2, 0.25) is 0 Å². The van der Waals surface area contributed by atoms with Crippen LogP contribution in [0.5, 0.6) is 0 Å². The second-order valence-corrected chi connectivity index (χ2v) is 7.94. The summed E-state index contributed by atoms with van der Waals surface area (Å²) >= 11 is 0. The SMILES string of the molecule is CCS(=O)(=O)c1ccc(N2CCC(NC(=O)COC)CC2)cc1. The second kappa shape index (κ2) is 7.79. The Morgan fingerprint density at radius 3 is 2.39 bits per heavy atom. The molecule has 0 spiro atoms. The number of methoxy groups -OCH3 is 1. The number of benzene rings is 1. The molecule has 0 aromatic heterocycles. The molecule has 1 aromatic carbocycles. The minimum Gasteiger partial charge on any atom is -0.375 e. The van der Waals surface area contributed by atoms with Crippen LogP contribution in [0.4, 0.5) is 5.69 Å². The molecule has 0 atom stereocenters. The molecule has 1 N–H and O–H groups in total. The summed E-state index contributed by atoms with van der Waals surface area (Å²) in [6, 6.07) is 7.22. The molecule has 0 unspecified atom stereocenters. The van der Waals surface area contributed by atoms with Gasteiger partial charge in [0.15, 0.2) is 9.84 Å². The third-order valence-corrected chi connectivity index (χ3v) is 5.83. The van der Waals surface area contributed by atoms with Crippen LogP contribution >= 0.6 is 0 Å². The van der Waals surface area contributed by atoms with Gasteiger partial charge in [0.25, 0.3) is 0 Å². The first-order valence-electron chi connectivity index (χ1n) is 7.82. The van der Waals surface area contributed by atoms with Crippen LogP contribution in [-0.4, -0.2) is 52.9 Å². The van der Waals surface area contributed by atoms with Crippen LogP contribution in [0.15, 0.2) is 29.2 Å². The zero-order valence-electron chi connectivity index (χ0n) is 13.6. The molecule has 6 nitrogen and oxygen atoms in total. The van der Waals surface area contributed by atoms with E-state index in [0.717, 1.165) is 31.6 Å². The van der Waals surface area contributed by atoms with Crippen molar-refractivity contribution in [3.63, 3.8) is 0 Å². The van der Waals surface area contributed by atoms with Crippen molar-refractivity contribution in [2.75, 3.05) is 37.5 Å². The maximum Gasteiger partial charge on any atom is 0.246 e. The smallest absolute Gasteiger partial charge is 0.246 e. The number of sulfone groups is 1. The number of anilines is 1. The van der Waals surface area contributed by atoms with Crippen molar-refractivity contribution in [3.05, 3.63) is 24.3 Å². The quantitative estimate of drug-likeness (QED) is 0.842. The molecule has 0 radical (unpaired) electrons. The van der Waals surface area contributed by atoms with Crippen molar-refractivity contribution in [1.29, 1.82) is 0 Å². The van der Waals surface area contributed by atoms with Crippen molar-refractivity contribution in [2.45, 2.75) is 30.7 Å². The fraction of sp³-hybridized carbons (Fsp3) is 0.562. The van der Waals surface area contributed by atoms with Gasteiger partial charge in [-0.05, 0) is 37.1 Å². The summed E-state index contributed by atoms with van der Waals surface area (Å²) in [6.07, 6.45) is 1.73. The highest BCUT2D eigenvalue weighted by Gasteiger charge is 2.21. The van der Waals surface area contributed by atoms with E-state index in [-0.39, 0.29) is 24.3 Å².